The summed E-state index contributed by atoms with van der Waals surface area (Å²) >= 11 is 7.79. The molecule has 0 bridgehead atoms. The number of thioether (sulfide) groups is 1. The molecule has 0 radical (unpaired) electrons. The number of rotatable bonds is 4. The maximum absolute atomic E-state index is 12.4. The lowest BCUT2D eigenvalue weighted by Crippen LogP contribution is -2.43. The van der Waals surface area contributed by atoms with Gasteiger partial charge in [-0.25, -0.2) is 0 Å². The minimum atomic E-state index is 0.0748. The molecule has 0 spiro atoms. The minimum Gasteiger partial charge on any atom is -0.378 e. The van der Waals surface area contributed by atoms with Gasteiger partial charge in [-0.15, -0.1) is 11.8 Å². The molecule has 5 heteroatoms. The summed E-state index contributed by atoms with van der Waals surface area (Å²) < 4.78 is 0. The van der Waals surface area contributed by atoms with Crippen molar-refractivity contribution in [3.05, 3.63) is 77.3 Å². The number of nitrogens with one attached hydrogen (secondary N) is 1. The van der Waals surface area contributed by atoms with Crippen LogP contribution in [0.2, 0.25) is 5.02 Å². The summed E-state index contributed by atoms with van der Waals surface area (Å²) in [6, 6.07) is 23.0. The number of benzene rings is 3. The number of hydrogen-bond acceptors (Lipinski definition) is 3. The van der Waals surface area contributed by atoms with Crippen molar-refractivity contribution in [1.82, 2.24) is 0 Å². The number of halogens is 1. The smallest absolute Gasteiger partial charge is 0.224 e. The topological polar surface area (TPSA) is 32.3 Å². The summed E-state index contributed by atoms with van der Waals surface area (Å²) in [5, 5.41) is 4.37. The van der Waals surface area contributed by atoms with Crippen LogP contribution in [0.15, 0.2) is 71.6 Å². The van der Waals surface area contributed by atoms with Crippen LogP contribution in [0, 0.1) is 0 Å². The van der Waals surface area contributed by atoms with Crippen LogP contribution in [0.5, 0.6) is 0 Å². The highest BCUT2D eigenvalue weighted by molar-refractivity contribution is 7.98. The second-order valence-electron chi connectivity index (χ2n) is 7.68. The molecule has 2 atom stereocenters. The number of carbonyl (C=O) groups is 1. The summed E-state index contributed by atoms with van der Waals surface area (Å²) in [5.74, 6) is 0.0748. The number of hydrogen-bond donors (Lipinski definition) is 1. The number of anilines is 2. The van der Waals surface area contributed by atoms with Gasteiger partial charge < -0.3 is 10.2 Å². The Labute approximate surface area is 187 Å². The van der Waals surface area contributed by atoms with Gasteiger partial charge in [-0.2, -0.15) is 0 Å². The zero-order valence-electron chi connectivity index (χ0n) is 17.4. The van der Waals surface area contributed by atoms with E-state index in [-0.39, 0.29) is 18.0 Å². The maximum Gasteiger partial charge on any atom is 0.224 e. The van der Waals surface area contributed by atoms with Gasteiger partial charge >= 0.3 is 0 Å². The second-order valence-corrected chi connectivity index (χ2v) is 9.00. The maximum atomic E-state index is 12.4. The molecule has 4 rings (SSSR count). The van der Waals surface area contributed by atoms with Crippen molar-refractivity contribution >= 4 is 40.6 Å². The number of nitrogens with zero attached hydrogens (tertiary/aromatic N) is 1. The van der Waals surface area contributed by atoms with Crippen molar-refractivity contribution in [2.75, 3.05) is 16.5 Å². The van der Waals surface area contributed by atoms with E-state index in [1.165, 1.54) is 10.5 Å². The third-order valence-electron chi connectivity index (χ3n) is 5.63. The Morgan fingerprint density at radius 2 is 1.70 bits per heavy atom. The van der Waals surface area contributed by atoms with Crippen LogP contribution in [-0.2, 0) is 4.79 Å². The highest BCUT2D eigenvalue weighted by Crippen LogP contribution is 2.41. The Morgan fingerprint density at radius 3 is 2.33 bits per heavy atom. The van der Waals surface area contributed by atoms with Crippen LogP contribution in [0.3, 0.4) is 0 Å². The lowest BCUT2D eigenvalue weighted by atomic mass is 9.89. The largest absolute Gasteiger partial charge is 0.378 e. The second kappa shape index (κ2) is 8.75. The predicted molar refractivity (Wildman–Crippen MR) is 129 cm³/mol. The average Bonchev–Trinajstić information content (AvgIpc) is 2.75. The van der Waals surface area contributed by atoms with Gasteiger partial charge in [-0.05, 0) is 84.8 Å². The highest BCUT2D eigenvalue weighted by atomic mass is 35.5. The lowest BCUT2D eigenvalue weighted by Gasteiger charge is -2.39. The Morgan fingerprint density at radius 1 is 1.03 bits per heavy atom. The lowest BCUT2D eigenvalue weighted by molar-refractivity contribution is -0.117. The van der Waals surface area contributed by atoms with Crippen LogP contribution in [-0.4, -0.2) is 18.2 Å². The van der Waals surface area contributed by atoms with Gasteiger partial charge in [-0.1, -0.05) is 29.8 Å². The number of fused-ring (bicyclic) bond motifs is 1. The fourth-order valence-corrected chi connectivity index (χ4v) is 4.73. The van der Waals surface area contributed by atoms with E-state index in [0.29, 0.717) is 0 Å². The van der Waals surface area contributed by atoms with Crippen molar-refractivity contribution in [2.45, 2.75) is 37.2 Å². The molecule has 3 aromatic carbocycles. The third kappa shape index (κ3) is 4.21. The summed E-state index contributed by atoms with van der Waals surface area (Å²) in [5.41, 5.74) is 5.48. The third-order valence-corrected chi connectivity index (χ3v) is 6.62. The molecule has 0 aliphatic carbocycles. The Hall–Kier alpha value is -2.43. The van der Waals surface area contributed by atoms with E-state index < -0.39 is 0 Å². The molecular weight excluding hydrogens is 412 g/mol. The van der Waals surface area contributed by atoms with Crippen molar-refractivity contribution < 1.29 is 4.79 Å². The van der Waals surface area contributed by atoms with Gasteiger partial charge in [0.15, 0.2) is 0 Å². The Kier molecular flexibility index (Phi) is 6.07. The van der Waals surface area contributed by atoms with E-state index in [4.69, 9.17) is 11.6 Å². The van der Waals surface area contributed by atoms with E-state index in [9.17, 15) is 4.79 Å². The molecule has 0 fully saturated rings. The summed E-state index contributed by atoms with van der Waals surface area (Å²) in [6.07, 6.45) is 2.92. The first-order valence-electron chi connectivity index (χ1n) is 10.1. The molecular formula is C25H25ClN2OS. The molecule has 1 heterocycles. The van der Waals surface area contributed by atoms with E-state index in [0.717, 1.165) is 33.9 Å². The summed E-state index contributed by atoms with van der Waals surface area (Å²) in [4.78, 5) is 15.5. The molecule has 154 valence electrons. The molecule has 0 saturated heterocycles. The molecule has 30 heavy (non-hydrogen) atoms. The van der Waals surface area contributed by atoms with Gasteiger partial charge in [0.2, 0.25) is 5.91 Å². The molecule has 1 aliphatic rings. The average molecular weight is 437 g/mol. The van der Waals surface area contributed by atoms with E-state index >= 15 is 0 Å². The summed E-state index contributed by atoms with van der Waals surface area (Å²) in [7, 11) is 0. The molecule has 0 saturated carbocycles. The van der Waals surface area contributed by atoms with Crippen molar-refractivity contribution in [3.8, 4) is 11.1 Å². The van der Waals surface area contributed by atoms with Gasteiger partial charge in [0, 0.05) is 34.3 Å². The van der Waals surface area contributed by atoms with Crippen LogP contribution in [0.1, 0.15) is 31.9 Å². The first-order chi connectivity index (χ1) is 14.5. The van der Waals surface area contributed by atoms with Crippen molar-refractivity contribution in [1.29, 1.82) is 0 Å². The normalized spacial score (nSPS) is 18.1. The zero-order chi connectivity index (χ0) is 21.3. The standard InChI is InChI=1S/C25H25ClN2OS/c1-16-14-24(27-21-9-7-20(26)8-10-21)23-15-19(6-13-25(23)28(16)17(2)29)18-4-11-22(30-3)12-5-18/h4-13,15-16,24,27H,14H2,1-3H3. The van der Waals surface area contributed by atoms with E-state index in [1.54, 1.807) is 18.7 Å². The Bertz CT molecular complexity index is 1050. The molecule has 2 unspecified atom stereocenters. The minimum absolute atomic E-state index is 0.0748. The number of amides is 1. The van der Waals surface area contributed by atoms with Crippen LogP contribution in [0.25, 0.3) is 11.1 Å². The molecule has 1 aliphatic heterocycles. The monoisotopic (exact) mass is 436 g/mol. The van der Waals surface area contributed by atoms with Crippen LogP contribution in [0.4, 0.5) is 11.4 Å². The fourth-order valence-electron chi connectivity index (χ4n) is 4.19. The zero-order valence-corrected chi connectivity index (χ0v) is 18.9. The SMILES string of the molecule is CSc1ccc(-c2ccc3c(c2)C(Nc2ccc(Cl)cc2)CC(C)N3C(C)=O)cc1. The molecule has 1 N–H and O–H groups in total. The fraction of sp³-hybridized carbons (Fsp3) is 0.240. The summed E-state index contributed by atoms with van der Waals surface area (Å²) in [6.45, 7) is 3.75. The van der Waals surface area contributed by atoms with Gasteiger partial charge in [0.1, 0.15) is 0 Å². The van der Waals surface area contributed by atoms with Crippen molar-refractivity contribution in [2.24, 2.45) is 0 Å². The van der Waals surface area contributed by atoms with Gasteiger partial charge in [-0.3, -0.25) is 4.79 Å². The molecule has 1 amide bonds. The highest BCUT2D eigenvalue weighted by Gasteiger charge is 2.32. The van der Waals surface area contributed by atoms with Gasteiger partial charge in [0.05, 0.1) is 6.04 Å². The Balaban J connectivity index is 1.75. The molecule has 3 aromatic rings. The van der Waals surface area contributed by atoms with Crippen LogP contribution >= 0.6 is 23.4 Å². The van der Waals surface area contributed by atoms with E-state index in [2.05, 4.69) is 61.0 Å². The van der Waals surface area contributed by atoms with E-state index in [1.807, 2.05) is 29.2 Å². The first-order valence-corrected chi connectivity index (χ1v) is 11.7. The number of carbonyl (C=O) groups excluding carboxylic acids is 1. The molecule has 0 aromatic heterocycles. The molecule has 3 nitrogen and oxygen atoms in total. The van der Waals surface area contributed by atoms with Crippen molar-refractivity contribution in [3.63, 3.8) is 0 Å². The van der Waals surface area contributed by atoms with Gasteiger partial charge in [0.25, 0.3) is 0 Å². The van der Waals surface area contributed by atoms with Crippen LogP contribution < -0.4 is 10.2 Å². The predicted octanol–water partition coefficient (Wildman–Crippen LogP) is 7.03. The first kappa shape index (κ1) is 20.8. The quantitative estimate of drug-likeness (QED) is 0.445.